The normalized spacial score (nSPS) is 11.7. The largest absolute Gasteiger partial charge is 0.307 e. The van der Waals surface area contributed by atoms with Crippen molar-refractivity contribution in [2.24, 2.45) is 0 Å². The van der Waals surface area contributed by atoms with Crippen molar-refractivity contribution in [2.45, 2.75) is 0 Å². The Labute approximate surface area is 311 Å². The van der Waals surface area contributed by atoms with Gasteiger partial charge in [0.15, 0.2) is 5.82 Å². The third kappa shape index (κ3) is 4.62. The van der Waals surface area contributed by atoms with Crippen molar-refractivity contribution in [1.82, 2.24) is 24.1 Å². The molecule has 252 valence electrons. The van der Waals surface area contributed by atoms with Gasteiger partial charge in [0.25, 0.3) is 0 Å². The van der Waals surface area contributed by atoms with Gasteiger partial charge in [-0.15, -0.1) is 0 Å². The molecule has 0 radical (unpaired) electrons. The standard InChI is InChI=1S/C49H31N5/c1-4-16-32(17-5-1)44-37-22-10-13-25-40(37)50-49(52-44)34-30-28-33(29-31-34)45-47-43(38-23-11-14-26-41(38)53(47)35-18-6-2-7-19-35)48-46(51-45)39-24-12-15-27-42(39)54(48)36-20-8-3-9-21-36/h1-31H. The highest BCUT2D eigenvalue weighted by Gasteiger charge is 2.25. The first-order valence-electron chi connectivity index (χ1n) is 18.2. The second kappa shape index (κ2) is 12.1. The van der Waals surface area contributed by atoms with E-state index in [1.807, 2.05) is 18.2 Å². The van der Waals surface area contributed by atoms with E-state index in [-0.39, 0.29) is 0 Å². The van der Waals surface area contributed by atoms with E-state index in [4.69, 9.17) is 15.0 Å². The molecule has 11 rings (SSSR count). The summed E-state index contributed by atoms with van der Waals surface area (Å²) in [5.74, 6) is 0.692. The Morgan fingerprint density at radius 2 is 0.833 bits per heavy atom. The van der Waals surface area contributed by atoms with E-state index in [0.29, 0.717) is 5.82 Å². The number of fused-ring (bicyclic) bond motifs is 8. The fourth-order valence-corrected chi connectivity index (χ4v) is 8.13. The lowest BCUT2D eigenvalue weighted by atomic mass is 10.0. The summed E-state index contributed by atoms with van der Waals surface area (Å²) in [6.45, 7) is 0. The van der Waals surface area contributed by atoms with Crippen LogP contribution < -0.4 is 0 Å². The van der Waals surface area contributed by atoms with Crippen LogP contribution in [0.1, 0.15) is 0 Å². The second-order valence-electron chi connectivity index (χ2n) is 13.6. The first kappa shape index (κ1) is 30.3. The van der Waals surface area contributed by atoms with Crippen molar-refractivity contribution in [1.29, 1.82) is 0 Å². The van der Waals surface area contributed by atoms with Gasteiger partial charge in [0, 0.05) is 49.6 Å². The number of nitrogens with zero attached hydrogens (tertiary/aromatic N) is 5. The molecule has 0 saturated heterocycles. The Morgan fingerprint density at radius 3 is 1.52 bits per heavy atom. The van der Waals surface area contributed by atoms with Crippen LogP contribution in [-0.4, -0.2) is 24.1 Å². The molecule has 0 spiro atoms. The zero-order valence-corrected chi connectivity index (χ0v) is 29.1. The number of pyridine rings is 1. The van der Waals surface area contributed by atoms with Gasteiger partial charge in [0.2, 0.25) is 0 Å². The lowest BCUT2D eigenvalue weighted by Gasteiger charge is -2.14. The molecule has 5 nitrogen and oxygen atoms in total. The molecule has 0 N–H and O–H groups in total. The van der Waals surface area contributed by atoms with Gasteiger partial charge in [-0.2, -0.15) is 0 Å². The molecule has 0 saturated carbocycles. The Kier molecular flexibility index (Phi) is 6.79. The second-order valence-corrected chi connectivity index (χ2v) is 13.6. The van der Waals surface area contributed by atoms with E-state index in [1.54, 1.807) is 0 Å². The summed E-state index contributed by atoms with van der Waals surface area (Å²) in [7, 11) is 0. The molecule has 4 aromatic heterocycles. The van der Waals surface area contributed by atoms with Crippen LogP contribution in [0.3, 0.4) is 0 Å². The van der Waals surface area contributed by atoms with Crippen LogP contribution >= 0.6 is 0 Å². The zero-order valence-electron chi connectivity index (χ0n) is 29.1. The smallest absolute Gasteiger partial charge is 0.160 e. The molecule has 0 aliphatic carbocycles. The van der Waals surface area contributed by atoms with Crippen molar-refractivity contribution in [3.63, 3.8) is 0 Å². The molecule has 0 bridgehead atoms. The topological polar surface area (TPSA) is 48.5 Å². The highest BCUT2D eigenvalue weighted by atomic mass is 15.0. The highest BCUT2D eigenvalue weighted by Crippen LogP contribution is 2.45. The molecule has 0 fully saturated rings. The van der Waals surface area contributed by atoms with Crippen molar-refractivity contribution in [3.8, 4) is 45.3 Å². The van der Waals surface area contributed by atoms with Gasteiger partial charge in [-0.25, -0.2) is 15.0 Å². The van der Waals surface area contributed by atoms with Crippen LogP contribution in [-0.2, 0) is 0 Å². The predicted octanol–water partition coefficient (Wildman–Crippen LogP) is 12.2. The summed E-state index contributed by atoms with van der Waals surface area (Å²) in [5.41, 5.74) is 13.4. The molecule has 4 heterocycles. The van der Waals surface area contributed by atoms with Crippen molar-refractivity contribution in [2.75, 3.05) is 0 Å². The SMILES string of the molecule is c1ccc(-c2nc(-c3ccc(-c4nc5c6ccccc6n(-c6ccccc6)c5c5c6ccccc6n(-c6ccccc6)c45)cc3)nc3ccccc23)cc1. The fraction of sp³-hybridized carbons (Fsp3) is 0. The van der Waals surface area contributed by atoms with Crippen LogP contribution in [0.15, 0.2) is 188 Å². The predicted molar refractivity (Wildman–Crippen MR) is 222 cm³/mol. The maximum Gasteiger partial charge on any atom is 0.160 e. The van der Waals surface area contributed by atoms with Crippen molar-refractivity contribution >= 4 is 54.6 Å². The minimum Gasteiger partial charge on any atom is -0.307 e. The maximum atomic E-state index is 5.65. The van der Waals surface area contributed by atoms with E-state index < -0.39 is 0 Å². The number of hydrogen-bond acceptors (Lipinski definition) is 3. The minimum atomic E-state index is 0.692. The summed E-state index contributed by atoms with van der Waals surface area (Å²) in [5, 5.41) is 4.50. The Morgan fingerprint density at radius 1 is 0.333 bits per heavy atom. The summed E-state index contributed by atoms with van der Waals surface area (Å²) >= 11 is 0. The fourth-order valence-electron chi connectivity index (χ4n) is 8.13. The van der Waals surface area contributed by atoms with Gasteiger partial charge in [0.05, 0.1) is 44.5 Å². The average molecular weight is 690 g/mol. The minimum absolute atomic E-state index is 0.692. The summed E-state index contributed by atoms with van der Waals surface area (Å²) in [6.07, 6.45) is 0. The van der Waals surface area contributed by atoms with Crippen LogP contribution in [0.2, 0.25) is 0 Å². The molecule has 0 atom stereocenters. The van der Waals surface area contributed by atoms with Crippen LogP contribution in [0.4, 0.5) is 0 Å². The Bertz CT molecular complexity index is 3180. The number of rotatable bonds is 5. The molecule has 54 heavy (non-hydrogen) atoms. The van der Waals surface area contributed by atoms with E-state index in [1.165, 1.54) is 10.8 Å². The first-order chi connectivity index (χ1) is 26.8. The lowest BCUT2D eigenvalue weighted by Crippen LogP contribution is -1.99. The molecule has 0 aliphatic rings. The van der Waals surface area contributed by atoms with Crippen molar-refractivity contribution in [3.05, 3.63) is 188 Å². The summed E-state index contributed by atoms with van der Waals surface area (Å²) in [4.78, 5) is 15.8. The van der Waals surface area contributed by atoms with Crippen LogP contribution in [0.25, 0.3) is 99.9 Å². The molecular formula is C49H31N5. The van der Waals surface area contributed by atoms with Crippen LogP contribution in [0.5, 0.6) is 0 Å². The summed E-state index contributed by atoms with van der Waals surface area (Å²) in [6, 6.07) is 65.8. The molecular weight excluding hydrogens is 659 g/mol. The highest BCUT2D eigenvalue weighted by molar-refractivity contribution is 6.27. The van der Waals surface area contributed by atoms with E-state index in [0.717, 1.165) is 83.3 Å². The van der Waals surface area contributed by atoms with E-state index >= 15 is 0 Å². The van der Waals surface area contributed by atoms with E-state index in [2.05, 4.69) is 179 Å². The van der Waals surface area contributed by atoms with Crippen molar-refractivity contribution < 1.29 is 0 Å². The number of aromatic nitrogens is 5. The van der Waals surface area contributed by atoms with Gasteiger partial charge >= 0.3 is 0 Å². The number of para-hydroxylation sites is 5. The van der Waals surface area contributed by atoms with Gasteiger partial charge in [-0.3, -0.25) is 0 Å². The van der Waals surface area contributed by atoms with Gasteiger partial charge in [-0.05, 0) is 42.5 Å². The van der Waals surface area contributed by atoms with E-state index in [9.17, 15) is 0 Å². The molecule has 0 unspecified atom stereocenters. The molecule has 7 aromatic carbocycles. The third-order valence-corrected chi connectivity index (χ3v) is 10.5. The average Bonchev–Trinajstić information content (AvgIpc) is 3.77. The molecule has 11 aromatic rings. The molecule has 0 aliphatic heterocycles. The van der Waals surface area contributed by atoms with Gasteiger partial charge < -0.3 is 9.13 Å². The molecule has 5 heteroatoms. The Balaban J connectivity index is 1.21. The maximum absolute atomic E-state index is 5.65. The third-order valence-electron chi connectivity index (χ3n) is 10.5. The summed E-state index contributed by atoms with van der Waals surface area (Å²) < 4.78 is 4.77. The van der Waals surface area contributed by atoms with Crippen LogP contribution in [0, 0.1) is 0 Å². The monoisotopic (exact) mass is 689 g/mol. The Hall–Kier alpha value is -7.37. The number of benzene rings is 7. The zero-order chi connectivity index (χ0) is 35.6. The quantitative estimate of drug-likeness (QED) is 0.181. The van der Waals surface area contributed by atoms with Gasteiger partial charge in [-0.1, -0.05) is 146 Å². The first-order valence-corrected chi connectivity index (χ1v) is 18.2. The lowest BCUT2D eigenvalue weighted by molar-refractivity contribution is 1.16. The number of hydrogen-bond donors (Lipinski definition) is 0. The molecule has 0 amide bonds. The van der Waals surface area contributed by atoms with Gasteiger partial charge in [0.1, 0.15) is 0 Å².